The quantitative estimate of drug-likeness (QED) is 0.592. The summed E-state index contributed by atoms with van der Waals surface area (Å²) >= 11 is 0. The van der Waals surface area contributed by atoms with Gasteiger partial charge < -0.3 is 4.52 Å². The highest BCUT2D eigenvalue weighted by atomic mass is 32.2. The van der Waals surface area contributed by atoms with E-state index in [0.717, 1.165) is 0 Å². The van der Waals surface area contributed by atoms with Gasteiger partial charge in [-0.05, 0) is 29.8 Å². The normalized spacial score (nSPS) is 11.6. The molecule has 0 aliphatic rings. The Morgan fingerprint density at radius 1 is 1.07 bits per heavy atom. The lowest BCUT2D eigenvalue weighted by atomic mass is 9.98. The molecule has 10 heteroatoms. The van der Waals surface area contributed by atoms with Crippen LogP contribution in [0.1, 0.15) is 17.7 Å². The highest BCUT2D eigenvalue weighted by Gasteiger charge is 2.28. The summed E-state index contributed by atoms with van der Waals surface area (Å²) in [7, 11) is -4.21. The molecule has 0 spiro atoms. The molecule has 0 radical (unpaired) electrons. The fraction of sp³-hybridized carbons (Fsp3) is 0.111. The van der Waals surface area contributed by atoms with Crippen molar-refractivity contribution in [2.24, 2.45) is 0 Å². The van der Waals surface area contributed by atoms with Crippen LogP contribution in [0.3, 0.4) is 0 Å². The average molecular weight is 410 g/mol. The van der Waals surface area contributed by atoms with Gasteiger partial charge in [0, 0.05) is 11.8 Å². The summed E-state index contributed by atoms with van der Waals surface area (Å²) in [5.74, 6) is -3.78. The second-order valence-electron chi connectivity index (χ2n) is 5.80. The summed E-state index contributed by atoms with van der Waals surface area (Å²) in [5, 5.41) is 12.4. The second kappa shape index (κ2) is 7.09. The van der Waals surface area contributed by atoms with Crippen molar-refractivity contribution in [2.75, 3.05) is 6.26 Å². The molecule has 3 aromatic rings. The van der Waals surface area contributed by atoms with Crippen LogP contribution in [0.2, 0.25) is 0 Å². The fourth-order valence-corrected chi connectivity index (χ4v) is 3.52. The number of nitrogens with zero attached hydrogens (tertiary/aromatic N) is 2. The van der Waals surface area contributed by atoms with Crippen LogP contribution in [0.25, 0.3) is 22.4 Å². The van der Waals surface area contributed by atoms with Gasteiger partial charge in [-0.3, -0.25) is 0 Å². The van der Waals surface area contributed by atoms with E-state index in [1.807, 2.05) is 6.07 Å². The predicted molar refractivity (Wildman–Crippen MR) is 90.1 cm³/mol. The molecule has 0 saturated carbocycles. The maximum Gasteiger partial charge on any atom is 0.298 e. The van der Waals surface area contributed by atoms with Crippen molar-refractivity contribution in [3.8, 4) is 28.5 Å². The van der Waals surface area contributed by atoms with E-state index >= 15 is 0 Å². The number of rotatable bonds is 4. The van der Waals surface area contributed by atoms with Crippen molar-refractivity contribution in [2.45, 2.75) is 11.3 Å². The number of aromatic nitrogens is 1. The Morgan fingerprint density at radius 2 is 1.64 bits per heavy atom. The number of sulfone groups is 1. The van der Waals surface area contributed by atoms with E-state index in [2.05, 4.69) is 9.68 Å². The van der Waals surface area contributed by atoms with Gasteiger partial charge in [0.25, 0.3) is 6.43 Å². The summed E-state index contributed by atoms with van der Waals surface area (Å²) in [6.07, 6.45) is -2.52. The summed E-state index contributed by atoms with van der Waals surface area (Å²) in [4.78, 5) is -1.16. The third-order valence-electron chi connectivity index (χ3n) is 3.86. The summed E-state index contributed by atoms with van der Waals surface area (Å²) in [6, 6.07) is 8.78. The molecule has 0 saturated heterocycles. The van der Waals surface area contributed by atoms with Gasteiger partial charge in [-0.2, -0.15) is 5.26 Å². The van der Waals surface area contributed by atoms with Gasteiger partial charge in [0.05, 0.1) is 17.2 Å². The molecule has 0 fully saturated rings. The minimum atomic E-state index is -4.21. The van der Waals surface area contributed by atoms with Crippen LogP contribution in [0.15, 0.2) is 45.8 Å². The van der Waals surface area contributed by atoms with Crippen molar-refractivity contribution in [3.05, 3.63) is 59.4 Å². The van der Waals surface area contributed by atoms with Crippen LogP contribution >= 0.6 is 0 Å². The molecule has 1 heterocycles. The SMILES string of the molecule is CS(=O)(=O)c1c(F)cc(-c2c(-c3ccc(C#N)cc3)noc2C(F)F)cc1F. The van der Waals surface area contributed by atoms with Crippen molar-refractivity contribution < 1.29 is 30.5 Å². The molecule has 1 aromatic heterocycles. The van der Waals surface area contributed by atoms with Crippen molar-refractivity contribution >= 4 is 9.84 Å². The minimum absolute atomic E-state index is 0.134. The molecule has 3 rings (SSSR count). The lowest BCUT2D eigenvalue weighted by Gasteiger charge is -2.08. The van der Waals surface area contributed by atoms with Gasteiger partial charge in [-0.1, -0.05) is 17.3 Å². The topological polar surface area (TPSA) is 84.0 Å². The third kappa shape index (κ3) is 3.48. The summed E-state index contributed by atoms with van der Waals surface area (Å²) in [5.41, 5.74) is -0.309. The molecule has 0 amide bonds. The first-order valence-electron chi connectivity index (χ1n) is 7.61. The average Bonchev–Trinajstić information content (AvgIpc) is 3.05. The Hall–Kier alpha value is -3.19. The summed E-state index contributed by atoms with van der Waals surface area (Å²) < 4.78 is 83.0. The van der Waals surface area contributed by atoms with E-state index in [0.29, 0.717) is 24.0 Å². The number of halogens is 4. The smallest absolute Gasteiger partial charge is 0.298 e. The molecule has 0 atom stereocenters. The highest BCUT2D eigenvalue weighted by molar-refractivity contribution is 7.90. The number of nitriles is 1. The molecule has 144 valence electrons. The number of hydrogen-bond donors (Lipinski definition) is 0. The van der Waals surface area contributed by atoms with Crippen LogP contribution in [0.5, 0.6) is 0 Å². The molecular weight excluding hydrogens is 400 g/mol. The first kappa shape index (κ1) is 19.6. The van der Waals surface area contributed by atoms with E-state index in [1.54, 1.807) is 0 Å². The van der Waals surface area contributed by atoms with Gasteiger partial charge in [0.2, 0.25) is 5.76 Å². The zero-order chi connectivity index (χ0) is 20.6. The Bertz CT molecular complexity index is 1170. The Kier molecular flexibility index (Phi) is 4.95. The van der Waals surface area contributed by atoms with Crippen LogP contribution < -0.4 is 0 Å². The predicted octanol–water partition coefficient (Wildman–Crippen LogP) is 4.50. The molecule has 2 aromatic carbocycles. The molecule has 0 bridgehead atoms. The van der Waals surface area contributed by atoms with Gasteiger partial charge in [-0.15, -0.1) is 0 Å². The fourth-order valence-electron chi connectivity index (χ4n) is 2.69. The monoisotopic (exact) mass is 410 g/mol. The van der Waals surface area contributed by atoms with Gasteiger partial charge in [-0.25, -0.2) is 26.0 Å². The molecule has 0 aliphatic heterocycles. The van der Waals surface area contributed by atoms with E-state index < -0.39 is 38.6 Å². The lowest BCUT2D eigenvalue weighted by Crippen LogP contribution is -2.05. The zero-order valence-corrected chi connectivity index (χ0v) is 14.9. The molecule has 5 nitrogen and oxygen atoms in total. The van der Waals surface area contributed by atoms with Crippen LogP contribution in [-0.2, 0) is 9.84 Å². The van der Waals surface area contributed by atoms with Gasteiger partial charge in [0.15, 0.2) is 9.84 Å². The zero-order valence-electron chi connectivity index (χ0n) is 14.1. The standard InChI is InChI=1S/C18H10F4N2O3S/c1-28(25,26)17-12(19)6-11(7-13(17)20)14-15(24-27-16(14)18(21)22)10-4-2-9(8-23)3-5-10/h2-7,18H,1H3. The molecule has 28 heavy (non-hydrogen) atoms. The van der Waals surface area contributed by atoms with Crippen LogP contribution in [0, 0.1) is 23.0 Å². The second-order valence-corrected chi connectivity index (χ2v) is 7.75. The Labute approximate surface area is 156 Å². The number of hydrogen-bond acceptors (Lipinski definition) is 5. The lowest BCUT2D eigenvalue weighted by molar-refractivity contribution is 0.113. The van der Waals surface area contributed by atoms with E-state index in [-0.39, 0.29) is 22.4 Å². The van der Waals surface area contributed by atoms with E-state index in [4.69, 9.17) is 5.26 Å². The largest absolute Gasteiger partial charge is 0.354 e. The number of benzene rings is 2. The van der Waals surface area contributed by atoms with Crippen LogP contribution in [0.4, 0.5) is 17.6 Å². The van der Waals surface area contributed by atoms with Gasteiger partial charge in [0.1, 0.15) is 22.2 Å². The first-order chi connectivity index (χ1) is 13.1. The summed E-state index contributed by atoms with van der Waals surface area (Å²) in [6.45, 7) is 0. The van der Waals surface area contributed by atoms with Crippen LogP contribution in [-0.4, -0.2) is 19.8 Å². The Morgan fingerprint density at radius 3 is 2.11 bits per heavy atom. The van der Waals surface area contributed by atoms with E-state index in [1.165, 1.54) is 24.3 Å². The molecule has 0 unspecified atom stereocenters. The van der Waals surface area contributed by atoms with Gasteiger partial charge >= 0.3 is 0 Å². The molecule has 0 N–H and O–H groups in total. The van der Waals surface area contributed by atoms with Crippen molar-refractivity contribution in [1.29, 1.82) is 5.26 Å². The Balaban J connectivity index is 2.26. The maximum absolute atomic E-state index is 14.3. The van der Waals surface area contributed by atoms with Crippen molar-refractivity contribution in [3.63, 3.8) is 0 Å². The molecular formula is C18H10F4N2O3S. The van der Waals surface area contributed by atoms with E-state index in [9.17, 15) is 26.0 Å². The minimum Gasteiger partial charge on any atom is -0.354 e. The number of alkyl halides is 2. The third-order valence-corrected chi connectivity index (χ3v) is 4.99. The highest BCUT2D eigenvalue weighted by Crippen LogP contribution is 2.40. The van der Waals surface area contributed by atoms with Crippen molar-refractivity contribution in [1.82, 2.24) is 5.16 Å². The maximum atomic E-state index is 14.3. The first-order valence-corrected chi connectivity index (χ1v) is 9.50. The molecule has 0 aliphatic carbocycles.